The number of benzene rings is 1. The Hall–Kier alpha value is -1.56. The molecule has 0 fully saturated rings. The van der Waals surface area contributed by atoms with Gasteiger partial charge in [-0.05, 0) is 11.5 Å². The molecule has 0 heterocycles. The first-order valence-corrected chi connectivity index (χ1v) is 6.35. The van der Waals surface area contributed by atoms with Crippen LogP contribution in [0.15, 0.2) is 30.3 Å². The van der Waals surface area contributed by atoms with Crippen LogP contribution in [0.2, 0.25) is 0 Å². The van der Waals surface area contributed by atoms with E-state index in [0.717, 1.165) is 4.90 Å². The van der Waals surface area contributed by atoms with Crippen molar-refractivity contribution in [1.29, 1.82) is 0 Å². The van der Waals surface area contributed by atoms with Crippen molar-refractivity contribution in [3.8, 4) is 0 Å². The summed E-state index contributed by atoms with van der Waals surface area (Å²) in [6.45, 7) is 2.02. The number of nitrogens with two attached hydrogens (primary N) is 1. The molecule has 6 heteroatoms. The number of amides is 1. The normalized spacial score (nSPS) is 13.3. The molecule has 0 bridgehead atoms. The zero-order valence-electron chi connectivity index (χ0n) is 11.5. The topological polar surface area (TPSA) is 46.3 Å². The lowest BCUT2D eigenvalue weighted by atomic mass is 10.0. The van der Waals surface area contributed by atoms with E-state index < -0.39 is 24.7 Å². The van der Waals surface area contributed by atoms with Gasteiger partial charge in [-0.2, -0.15) is 13.2 Å². The lowest BCUT2D eigenvalue weighted by Gasteiger charge is -2.28. The predicted octanol–water partition coefficient (Wildman–Crippen LogP) is 2.56. The van der Waals surface area contributed by atoms with Gasteiger partial charge in [-0.25, -0.2) is 0 Å². The number of halogens is 3. The number of carbonyl (C=O) groups excluding carboxylic acids is 1. The van der Waals surface area contributed by atoms with E-state index in [1.807, 2.05) is 0 Å². The predicted molar refractivity (Wildman–Crippen MR) is 70.7 cm³/mol. The summed E-state index contributed by atoms with van der Waals surface area (Å²) in [6.07, 6.45) is -4.44. The molecule has 1 rings (SSSR count). The molecule has 0 spiro atoms. The highest BCUT2D eigenvalue weighted by Gasteiger charge is 2.35. The van der Waals surface area contributed by atoms with E-state index >= 15 is 0 Å². The molecule has 0 aliphatic heterocycles. The standard InChI is InChI=1S/C14H19F3N2O/c1-10(2)12(18)13(20)19(9-14(15,16)17)8-11-6-4-3-5-7-11/h3-7,10,12H,8-9,18H2,1-2H3/t12-/m1/s1. The largest absolute Gasteiger partial charge is 0.406 e. The monoisotopic (exact) mass is 288 g/mol. The SMILES string of the molecule is CC(C)[C@@H](N)C(=O)N(Cc1ccccc1)CC(F)(F)F. The van der Waals surface area contributed by atoms with E-state index in [1.54, 1.807) is 44.2 Å². The van der Waals surface area contributed by atoms with Gasteiger partial charge in [0.15, 0.2) is 0 Å². The second-order valence-corrected chi connectivity index (χ2v) is 5.06. The van der Waals surface area contributed by atoms with Crippen molar-refractivity contribution < 1.29 is 18.0 Å². The summed E-state index contributed by atoms with van der Waals surface area (Å²) in [4.78, 5) is 12.8. The molecule has 3 nitrogen and oxygen atoms in total. The minimum atomic E-state index is -4.44. The van der Waals surface area contributed by atoms with Gasteiger partial charge in [-0.3, -0.25) is 4.79 Å². The highest BCUT2D eigenvalue weighted by molar-refractivity contribution is 5.82. The van der Waals surface area contributed by atoms with Crippen LogP contribution in [0.1, 0.15) is 19.4 Å². The molecule has 1 aromatic rings. The average Bonchev–Trinajstić information content (AvgIpc) is 2.35. The van der Waals surface area contributed by atoms with Crippen molar-refractivity contribution in [2.24, 2.45) is 11.7 Å². The Morgan fingerprint density at radius 1 is 1.25 bits per heavy atom. The van der Waals surface area contributed by atoms with Crippen molar-refractivity contribution >= 4 is 5.91 Å². The molecule has 0 aliphatic rings. The minimum absolute atomic E-state index is 0.0976. The molecular formula is C14H19F3N2O. The maximum Gasteiger partial charge on any atom is 0.406 e. The van der Waals surface area contributed by atoms with E-state index in [-0.39, 0.29) is 12.5 Å². The molecule has 0 saturated carbocycles. The number of hydrogen-bond acceptors (Lipinski definition) is 2. The third-order valence-corrected chi connectivity index (χ3v) is 2.90. The fourth-order valence-electron chi connectivity index (χ4n) is 1.73. The van der Waals surface area contributed by atoms with Crippen LogP contribution in [0, 0.1) is 5.92 Å². The first-order chi connectivity index (χ1) is 9.20. The molecule has 0 aliphatic carbocycles. The second-order valence-electron chi connectivity index (χ2n) is 5.06. The van der Waals surface area contributed by atoms with Gasteiger partial charge in [0.1, 0.15) is 6.54 Å². The Labute approximate surface area is 116 Å². The van der Waals surface area contributed by atoms with Gasteiger partial charge < -0.3 is 10.6 Å². The molecule has 1 atom stereocenters. The molecule has 2 N–H and O–H groups in total. The quantitative estimate of drug-likeness (QED) is 0.905. The Kier molecular flexibility index (Phi) is 5.56. The van der Waals surface area contributed by atoms with Gasteiger partial charge >= 0.3 is 6.18 Å². The fourth-order valence-corrected chi connectivity index (χ4v) is 1.73. The van der Waals surface area contributed by atoms with Crippen molar-refractivity contribution in [2.75, 3.05) is 6.54 Å². The first-order valence-electron chi connectivity index (χ1n) is 6.35. The van der Waals surface area contributed by atoms with E-state index in [2.05, 4.69) is 0 Å². The zero-order valence-corrected chi connectivity index (χ0v) is 11.5. The van der Waals surface area contributed by atoms with Crippen molar-refractivity contribution in [3.63, 3.8) is 0 Å². The number of carbonyl (C=O) groups is 1. The van der Waals surface area contributed by atoms with E-state index in [4.69, 9.17) is 5.73 Å². The van der Waals surface area contributed by atoms with Crippen LogP contribution in [0.5, 0.6) is 0 Å². The molecule has 1 aromatic carbocycles. The molecule has 0 aromatic heterocycles. The van der Waals surface area contributed by atoms with Crippen LogP contribution < -0.4 is 5.73 Å². The summed E-state index contributed by atoms with van der Waals surface area (Å²) in [5.41, 5.74) is 6.31. The zero-order chi connectivity index (χ0) is 15.3. The van der Waals surface area contributed by atoms with Crippen molar-refractivity contribution in [2.45, 2.75) is 32.6 Å². The highest BCUT2D eigenvalue weighted by Crippen LogP contribution is 2.19. The smallest absolute Gasteiger partial charge is 0.328 e. The van der Waals surface area contributed by atoms with Crippen LogP contribution in [0.4, 0.5) is 13.2 Å². The fraction of sp³-hybridized carbons (Fsp3) is 0.500. The molecule has 0 unspecified atom stereocenters. The van der Waals surface area contributed by atoms with Gasteiger partial charge in [-0.15, -0.1) is 0 Å². The van der Waals surface area contributed by atoms with Gasteiger partial charge in [-0.1, -0.05) is 44.2 Å². The van der Waals surface area contributed by atoms with E-state index in [0.29, 0.717) is 5.56 Å². The Balaban J connectivity index is 2.88. The average molecular weight is 288 g/mol. The van der Waals surface area contributed by atoms with Gasteiger partial charge in [0.05, 0.1) is 6.04 Å². The van der Waals surface area contributed by atoms with Crippen LogP contribution in [-0.4, -0.2) is 29.6 Å². The number of nitrogens with zero attached hydrogens (tertiary/aromatic N) is 1. The maximum absolute atomic E-state index is 12.6. The van der Waals surface area contributed by atoms with Gasteiger partial charge in [0, 0.05) is 6.54 Å². The molecule has 1 amide bonds. The third kappa shape index (κ3) is 5.21. The highest BCUT2D eigenvalue weighted by atomic mass is 19.4. The summed E-state index contributed by atoms with van der Waals surface area (Å²) < 4.78 is 37.8. The van der Waals surface area contributed by atoms with Crippen LogP contribution in [0.25, 0.3) is 0 Å². The molecule has 112 valence electrons. The Morgan fingerprint density at radius 3 is 2.25 bits per heavy atom. The third-order valence-electron chi connectivity index (χ3n) is 2.90. The summed E-state index contributed by atoms with van der Waals surface area (Å²) in [7, 11) is 0. The summed E-state index contributed by atoms with van der Waals surface area (Å²) in [5, 5.41) is 0. The van der Waals surface area contributed by atoms with Gasteiger partial charge in [0.25, 0.3) is 0 Å². The lowest BCUT2D eigenvalue weighted by molar-refractivity contribution is -0.163. The molecule has 20 heavy (non-hydrogen) atoms. The van der Waals surface area contributed by atoms with Crippen LogP contribution >= 0.6 is 0 Å². The summed E-state index contributed by atoms with van der Waals surface area (Å²) >= 11 is 0. The van der Waals surface area contributed by atoms with Crippen molar-refractivity contribution in [3.05, 3.63) is 35.9 Å². The number of hydrogen-bond donors (Lipinski definition) is 1. The lowest BCUT2D eigenvalue weighted by Crippen LogP contribution is -2.49. The Morgan fingerprint density at radius 2 is 1.80 bits per heavy atom. The summed E-state index contributed by atoms with van der Waals surface area (Å²) in [6, 6.07) is 7.62. The van der Waals surface area contributed by atoms with E-state index in [1.165, 1.54) is 0 Å². The van der Waals surface area contributed by atoms with Crippen molar-refractivity contribution in [1.82, 2.24) is 4.90 Å². The van der Waals surface area contributed by atoms with Crippen LogP contribution in [-0.2, 0) is 11.3 Å². The maximum atomic E-state index is 12.6. The number of alkyl halides is 3. The Bertz CT molecular complexity index is 432. The second kappa shape index (κ2) is 6.74. The molecule has 0 radical (unpaired) electrons. The molecule has 0 saturated heterocycles. The molecular weight excluding hydrogens is 269 g/mol. The van der Waals surface area contributed by atoms with Crippen LogP contribution in [0.3, 0.4) is 0 Å². The number of rotatable bonds is 5. The van der Waals surface area contributed by atoms with Gasteiger partial charge in [0.2, 0.25) is 5.91 Å². The minimum Gasteiger partial charge on any atom is -0.328 e. The first kappa shape index (κ1) is 16.5. The summed E-state index contributed by atoms with van der Waals surface area (Å²) in [5.74, 6) is -0.893. The van der Waals surface area contributed by atoms with E-state index in [9.17, 15) is 18.0 Å².